The first-order valence-electron chi connectivity index (χ1n) is 7.34. The van der Waals surface area contributed by atoms with Crippen molar-refractivity contribution in [3.8, 4) is 0 Å². The molecule has 0 saturated carbocycles. The van der Waals surface area contributed by atoms with E-state index in [-0.39, 0.29) is 9.92 Å². The molecule has 4 nitrogen and oxygen atoms in total. The van der Waals surface area contributed by atoms with E-state index in [1.807, 2.05) is 23.1 Å². The summed E-state index contributed by atoms with van der Waals surface area (Å²) in [5.74, 6) is -0.640. The first kappa shape index (κ1) is 17.5. The molecule has 0 atom stereocenters. The third kappa shape index (κ3) is 3.37. The molecule has 24 heavy (non-hydrogen) atoms. The molecule has 8 heteroatoms. The zero-order chi connectivity index (χ0) is 17.3. The number of halogens is 3. The van der Waals surface area contributed by atoms with Crippen LogP contribution >= 0.6 is 23.2 Å². The third-order valence-electron chi connectivity index (χ3n) is 3.96. The summed E-state index contributed by atoms with van der Waals surface area (Å²) in [7, 11) is -3.69. The van der Waals surface area contributed by atoms with Gasteiger partial charge >= 0.3 is 0 Å². The second kappa shape index (κ2) is 6.88. The fourth-order valence-corrected chi connectivity index (χ4v) is 4.61. The molecular formula is C16H15Cl2FN2O2S. The van der Waals surface area contributed by atoms with Crippen LogP contribution in [0.15, 0.2) is 47.4 Å². The van der Waals surface area contributed by atoms with Crippen molar-refractivity contribution in [2.24, 2.45) is 0 Å². The Kier molecular flexibility index (Phi) is 5.01. The van der Waals surface area contributed by atoms with E-state index >= 15 is 0 Å². The molecule has 1 aliphatic rings. The van der Waals surface area contributed by atoms with Gasteiger partial charge in [0, 0.05) is 26.2 Å². The number of benzene rings is 2. The van der Waals surface area contributed by atoms with Crippen LogP contribution in [0.25, 0.3) is 0 Å². The number of rotatable bonds is 3. The number of hydrogen-bond acceptors (Lipinski definition) is 3. The highest BCUT2D eigenvalue weighted by molar-refractivity contribution is 7.89. The van der Waals surface area contributed by atoms with Crippen molar-refractivity contribution >= 4 is 38.9 Å². The van der Waals surface area contributed by atoms with E-state index in [1.54, 1.807) is 6.07 Å². The molecule has 0 radical (unpaired) electrons. The van der Waals surface area contributed by atoms with Crippen LogP contribution in [-0.4, -0.2) is 38.9 Å². The van der Waals surface area contributed by atoms with E-state index in [1.165, 1.54) is 10.4 Å². The molecule has 0 N–H and O–H groups in total. The molecule has 2 aromatic rings. The van der Waals surface area contributed by atoms with Gasteiger partial charge in [-0.25, -0.2) is 12.8 Å². The summed E-state index contributed by atoms with van der Waals surface area (Å²) in [6.07, 6.45) is 0. The van der Waals surface area contributed by atoms with Crippen molar-refractivity contribution in [3.63, 3.8) is 0 Å². The van der Waals surface area contributed by atoms with Crippen LogP contribution in [0.2, 0.25) is 10.0 Å². The maximum atomic E-state index is 13.2. The molecular weight excluding hydrogens is 374 g/mol. The lowest BCUT2D eigenvalue weighted by atomic mass is 10.2. The van der Waals surface area contributed by atoms with Gasteiger partial charge < -0.3 is 4.90 Å². The van der Waals surface area contributed by atoms with Crippen LogP contribution in [0.5, 0.6) is 0 Å². The average Bonchev–Trinajstić information content (AvgIpc) is 2.58. The summed E-state index contributed by atoms with van der Waals surface area (Å²) in [6.45, 7) is 1.70. The van der Waals surface area contributed by atoms with Gasteiger partial charge in [0.05, 0.1) is 20.6 Å². The number of para-hydroxylation sites is 1. The largest absolute Gasteiger partial charge is 0.368 e. The second-order valence-corrected chi connectivity index (χ2v) is 8.17. The highest BCUT2D eigenvalue weighted by Gasteiger charge is 2.29. The Morgan fingerprint density at radius 3 is 2.21 bits per heavy atom. The molecule has 1 aliphatic heterocycles. The van der Waals surface area contributed by atoms with Gasteiger partial charge in [0.15, 0.2) is 0 Å². The van der Waals surface area contributed by atoms with Crippen molar-refractivity contribution in [3.05, 3.63) is 58.3 Å². The van der Waals surface area contributed by atoms with E-state index in [0.29, 0.717) is 31.2 Å². The molecule has 0 unspecified atom stereocenters. The quantitative estimate of drug-likeness (QED) is 0.805. The summed E-state index contributed by atoms with van der Waals surface area (Å²) >= 11 is 11.9. The van der Waals surface area contributed by atoms with Gasteiger partial charge in [0.1, 0.15) is 5.82 Å². The van der Waals surface area contributed by atoms with Crippen LogP contribution in [0.4, 0.5) is 10.1 Å². The summed E-state index contributed by atoms with van der Waals surface area (Å²) in [5, 5.41) is 0.435. The normalized spacial score (nSPS) is 16.4. The van der Waals surface area contributed by atoms with Crippen LogP contribution < -0.4 is 4.90 Å². The lowest BCUT2D eigenvalue weighted by Crippen LogP contribution is -2.48. The molecule has 3 rings (SSSR count). The predicted molar refractivity (Wildman–Crippen MR) is 93.8 cm³/mol. The summed E-state index contributed by atoms with van der Waals surface area (Å²) < 4.78 is 39.9. The Hall–Kier alpha value is -1.34. The van der Waals surface area contributed by atoms with Crippen molar-refractivity contribution in [2.45, 2.75) is 4.90 Å². The molecule has 1 heterocycles. The number of piperazine rings is 1. The van der Waals surface area contributed by atoms with Gasteiger partial charge in [0.2, 0.25) is 10.0 Å². The number of anilines is 1. The van der Waals surface area contributed by atoms with E-state index < -0.39 is 15.8 Å². The Bertz CT molecular complexity index is 853. The minimum atomic E-state index is -3.69. The highest BCUT2D eigenvalue weighted by Crippen LogP contribution is 2.28. The van der Waals surface area contributed by atoms with E-state index in [9.17, 15) is 12.8 Å². The molecule has 0 bridgehead atoms. The van der Waals surface area contributed by atoms with Crippen LogP contribution in [-0.2, 0) is 10.0 Å². The molecule has 0 aliphatic carbocycles. The summed E-state index contributed by atoms with van der Waals surface area (Å²) in [6, 6.07) is 10.9. The minimum absolute atomic E-state index is 0.0000866. The standard InChI is InChI=1S/C16H15Cl2FN2O2S/c17-13-3-1-2-4-16(13)20-7-9-21(10-8-20)24(22,23)12-5-6-15(19)14(18)11-12/h1-6,11H,7-10H2. The Balaban J connectivity index is 1.76. The fraction of sp³-hybridized carbons (Fsp3) is 0.250. The van der Waals surface area contributed by atoms with Crippen molar-refractivity contribution in [1.29, 1.82) is 0 Å². The van der Waals surface area contributed by atoms with Gasteiger partial charge in [-0.15, -0.1) is 0 Å². The predicted octanol–water partition coefficient (Wildman–Crippen LogP) is 3.64. The highest BCUT2D eigenvalue weighted by atomic mass is 35.5. The molecule has 2 aromatic carbocycles. The van der Waals surface area contributed by atoms with E-state index in [4.69, 9.17) is 23.2 Å². The van der Waals surface area contributed by atoms with Gasteiger partial charge in [-0.05, 0) is 30.3 Å². The van der Waals surface area contributed by atoms with Gasteiger partial charge in [-0.2, -0.15) is 4.31 Å². The van der Waals surface area contributed by atoms with Crippen LogP contribution in [0.1, 0.15) is 0 Å². The first-order valence-corrected chi connectivity index (χ1v) is 9.54. The lowest BCUT2D eigenvalue weighted by molar-refractivity contribution is 0.385. The van der Waals surface area contributed by atoms with Crippen molar-refractivity contribution < 1.29 is 12.8 Å². The van der Waals surface area contributed by atoms with Gasteiger partial charge in [-0.1, -0.05) is 35.3 Å². The van der Waals surface area contributed by atoms with Crippen LogP contribution in [0, 0.1) is 5.82 Å². The first-order chi connectivity index (χ1) is 11.4. The monoisotopic (exact) mass is 388 g/mol. The Labute approximate surface area is 150 Å². The lowest BCUT2D eigenvalue weighted by Gasteiger charge is -2.35. The number of nitrogens with zero attached hydrogens (tertiary/aromatic N) is 2. The van der Waals surface area contributed by atoms with Crippen molar-refractivity contribution in [1.82, 2.24) is 4.31 Å². The topological polar surface area (TPSA) is 40.6 Å². The van der Waals surface area contributed by atoms with Crippen molar-refractivity contribution in [2.75, 3.05) is 31.1 Å². The second-order valence-electron chi connectivity index (χ2n) is 5.42. The summed E-state index contributed by atoms with van der Waals surface area (Å²) in [5.41, 5.74) is 0.890. The van der Waals surface area contributed by atoms with E-state index in [2.05, 4.69) is 0 Å². The molecule has 128 valence electrons. The maximum Gasteiger partial charge on any atom is 0.243 e. The Morgan fingerprint density at radius 1 is 0.917 bits per heavy atom. The number of hydrogen-bond donors (Lipinski definition) is 0. The smallest absolute Gasteiger partial charge is 0.243 e. The molecule has 0 aromatic heterocycles. The number of sulfonamides is 1. The van der Waals surface area contributed by atoms with Gasteiger partial charge in [-0.3, -0.25) is 0 Å². The molecule has 0 spiro atoms. The summed E-state index contributed by atoms with van der Waals surface area (Å²) in [4.78, 5) is 2.05. The zero-order valence-electron chi connectivity index (χ0n) is 12.6. The third-order valence-corrected chi connectivity index (χ3v) is 6.46. The maximum absolute atomic E-state index is 13.2. The van der Waals surface area contributed by atoms with Crippen LogP contribution in [0.3, 0.4) is 0 Å². The molecule has 0 amide bonds. The zero-order valence-corrected chi connectivity index (χ0v) is 15.0. The fourth-order valence-electron chi connectivity index (χ4n) is 2.66. The van der Waals surface area contributed by atoms with Gasteiger partial charge in [0.25, 0.3) is 0 Å². The SMILES string of the molecule is O=S(=O)(c1ccc(F)c(Cl)c1)N1CCN(c2ccccc2Cl)CC1. The molecule has 1 saturated heterocycles. The minimum Gasteiger partial charge on any atom is -0.368 e. The van der Waals surface area contributed by atoms with E-state index in [0.717, 1.165) is 17.8 Å². The average molecular weight is 389 g/mol. The Morgan fingerprint density at radius 2 is 1.58 bits per heavy atom. The molecule has 1 fully saturated rings.